The van der Waals surface area contributed by atoms with Crippen molar-refractivity contribution in [2.24, 2.45) is 0 Å². The molecule has 0 aliphatic heterocycles. The molecular formula is C17H12Cl4N6O. The first-order chi connectivity index (χ1) is 13.4. The van der Waals surface area contributed by atoms with Crippen LogP contribution in [0.15, 0.2) is 42.7 Å². The van der Waals surface area contributed by atoms with Gasteiger partial charge in [0.1, 0.15) is 12.0 Å². The maximum Gasteiger partial charge on any atom is 0.271 e. The minimum Gasteiger partial charge on any atom is -0.393 e. The summed E-state index contributed by atoms with van der Waals surface area (Å²) in [7, 11) is 0. The van der Waals surface area contributed by atoms with Crippen molar-refractivity contribution in [1.82, 2.24) is 15.4 Å². The van der Waals surface area contributed by atoms with E-state index >= 15 is 0 Å². The average Bonchev–Trinajstić information content (AvgIpc) is 2.65. The minimum atomic E-state index is -0.493. The SMILES string of the molecule is Nc1c(NNC(=O)c2ccc(Cl)cc2Cl)ncnc1Nc1cccc(Cl)c1Cl. The van der Waals surface area contributed by atoms with Gasteiger partial charge in [-0.25, -0.2) is 9.97 Å². The number of nitrogens with zero attached hydrogens (tertiary/aromatic N) is 2. The average molecular weight is 458 g/mol. The van der Waals surface area contributed by atoms with Crippen LogP contribution in [0.4, 0.5) is 23.0 Å². The van der Waals surface area contributed by atoms with Gasteiger partial charge in [-0.2, -0.15) is 0 Å². The van der Waals surface area contributed by atoms with E-state index in [1.165, 1.54) is 18.5 Å². The standard InChI is InChI=1S/C17H12Cl4N6O/c18-8-4-5-9(11(20)6-8)17(28)27-26-16-14(22)15(23-7-24-16)25-12-3-1-2-10(19)13(12)21/h1-7H,22H2,(H,27,28)(H2,23,24,25,26). The molecule has 3 aromatic rings. The highest BCUT2D eigenvalue weighted by molar-refractivity contribution is 6.43. The molecule has 0 atom stereocenters. The quantitative estimate of drug-likeness (QED) is 0.394. The molecule has 144 valence electrons. The van der Waals surface area contributed by atoms with Gasteiger partial charge in [-0.15, -0.1) is 0 Å². The lowest BCUT2D eigenvalue weighted by Crippen LogP contribution is -2.30. The summed E-state index contributed by atoms with van der Waals surface area (Å²) < 4.78 is 0. The first-order valence-corrected chi connectivity index (χ1v) is 9.21. The Hall–Kier alpha value is -2.45. The molecule has 0 spiro atoms. The highest BCUT2D eigenvalue weighted by Gasteiger charge is 2.14. The summed E-state index contributed by atoms with van der Waals surface area (Å²) in [5.41, 5.74) is 12.1. The summed E-state index contributed by atoms with van der Waals surface area (Å²) in [6, 6.07) is 9.62. The molecule has 3 rings (SSSR count). The number of hydrogen-bond acceptors (Lipinski definition) is 6. The summed E-state index contributed by atoms with van der Waals surface area (Å²) in [6.07, 6.45) is 1.26. The topological polar surface area (TPSA) is 105 Å². The Morgan fingerprint density at radius 3 is 2.46 bits per heavy atom. The Morgan fingerprint density at radius 2 is 1.71 bits per heavy atom. The van der Waals surface area contributed by atoms with Gasteiger partial charge >= 0.3 is 0 Å². The summed E-state index contributed by atoms with van der Waals surface area (Å²) >= 11 is 24.0. The summed E-state index contributed by atoms with van der Waals surface area (Å²) in [6.45, 7) is 0. The van der Waals surface area contributed by atoms with Gasteiger partial charge in [0.15, 0.2) is 11.6 Å². The van der Waals surface area contributed by atoms with Crippen molar-refractivity contribution in [3.63, 3.8) is 0 Å². The Morgan fingerprint density at radius 1 is 0.964 bits per heavy atom. The molecule has 0 fully saturated rings. The molecule has 0 saturated heterocycles. The first kappa shape index (κ1) is 20.3. The van der Waals surface area contributed by atoms with Crippen molar-refractivity contribution in [2.75, 3.05) is 16.5 Å². The molecule has 28 heavy (non-hydrogen) atoms. The van der Waals surface area contributed by atoms with Gasteiger partial charge in [0.05, 0.1) is 26.3 Å². The zero-order valence-electron chi connectivity index (χ0n) is 13.9. The lowest BCUT2D eigenvalue weighted by atomic mass is 10.2. The fourth-order valence-corrected chi connectivity index (χ4v) is 3.02. The van der Waals surface area contributed by atoms with Crippen LogP contribution in [-0.2, 0) is 0 Å². The molecule has 5 N–H and O–H groups in total. The minimum absolute atomic E-state index is 0.154. The molecule has 0 saturated carbocycles. The smallest absolute Gasteiger partial charge is 0.271 e. The number of carbonyl (C=O) groups excluding carboxylic acids is 1. The van der Waals surface area contributed by atoms with Crippen molar-refractivity contribution in [3.05, 3.63) is 68.4 Å². The van der Waals surface area contributed by atoms with Crippen LogP contribution in [0.25, 0.3) is 0 Å². The number of nitrogens with one attached hydrogen (secondary N) is 3. The number of nitrogen functional groups attached to an aromatic ring is 1. The van der Waals surface area contributed by atoms with Crippen LogP contribution in [0.1, 0.15) is 10.4 Å². The maximum absolute atomic E-state index is 12.3. The van der Waals surface area contributed by atoms with Crippen molar-refractivity contribution < 1.29 is 4.79 Å². The van der Waals surface area contributed by atoms with E-state index in [1.807, 2.05) is 0 Å². The third-order valence-electron chi connectivity index (χ3n) is 3.56. The van der Waals surface area contributed by atoms with E-state index in [4.69, 9.17) is 52.1 Å². The number of aromatic nitrogens is 2. The highest BCUT2D eigenvalue weighted by atomic mass is 35.5. The lowest BCUT2D eigenvalue weighted by molar-refractivity contribution is 0.0962. The van der Waals surface area contributed by atoms with Crippen LogP contribution in [0.5, 0.6) is 0 Å². The van der Waals surface area contributed by atoms with E-state index in [9.17, 15) is 4.79 Å². The fraction of sp³-hybridized carbons (Fsp3) is 0. The van der Waals surface area contributed by atoms with Gasteiger partial charge in [0.25, 0.3) is 5.91 Å². The van der Waals surface area contributed by atoms with Gasteiger partial charge in [-0.1, -0.05) is 52.5 Å². The first-order valence-electron chi connectivity index (χ1n) is 7.69. The van der Waals surface area contributed by atoms with E-state index in [1.54, 1.807) is 24.3 Å². The third kappa shape index (κ3) is 4.51. The van der Waals surface area contributed by atoms with Crippen molar-refractivity contribution in [1.29, 1.82) is 0 Å². The number of carbonyl (C=O) groups is 1. The van der Waals surface area contributed by atoms with E-state index < -0.39 is 5.91 Å². The molecule has 7 nitrogen and oxygen atoms in total. The van der Waals surface area contributed by atoms with Crippen LogP contribution in [0.2, 0.25) is 20.1 Å². The van der Waals surface area contributed by atoms with Crippen molar-refractivity contribution >= 4 is 75.3 Å². The molecule has 11 heteroatoms. The number of anilines is 4. The van der Waals surface area contributed by atoms with E-state index in [2.05, 4.69) is 26.1 Å². The molecule has 1 aromatic heterocycles. The zero-order chi connectivity index (χ0) is 20.3. The largest absolute Gasteiger partial charge is 0.393 e. The number of benzene rings is 2. The number of hydrogen-bond donors (Lipinski definition) is 4. The zero-order valence-corrected chi connectivity index (χ0v) is 17.0. The van der Waals surface area contributed by atoms with Gasteiger partial charge in [-0.3, -0.25) is 15.6 Å². The van der Waals surface area contributed by atoms with Gasteiger partial charge in [-0.05, 0) is 30.3 Å². The van der Waals surface area contributed by atoms with E-state index in [0.717, 1.165) is 0 Å². The Bertz CT molecular complexity index is 1050. The molecule has 1 amide bonds. The molecule has 1 heterocycles. The van der Waals surface area contributed by atoms with Crippen LogP contribution < -0.4 is 21.9 Å². The number of nitrogens with two attached hydrogens (primary N) is 1. The molecule has 0 unspecified atom stereocenters. The number of rotatable bonds is 5. The molecule has 0 aliphatic rings. The molecule has 0 radical (unpaired) electrons. The third-order valence-corrected chi connectivity index (χ3v) is 4.93. The second kappa shape index (κ2) is 8.70. The second-order valence-electron chi connectivity index (χ2n) is 5.41. The molecule has 2 aromatic carbocycles. The van der Waals surface area contributed by atoms with Crippen molar-refractivity contribution in [2.45, 2.75) is 0 Å². The fourth-order valence-electron chi connectivity index (χ4n) is 2.18. The van der Waals surface area contributed by atoms with E-state index in [0.29, 0.717) is 20.8 Å². The van der Waals surface area contributed by atoms with Gasteiger partial charge < -0.3 is 11.1 Å². The Labute approximate surface area is 180 Å². The highest BCUT2D eigenvalue weighted by Crippen LogP contribution is 2.33. The van der Waals surface area contributed by atoms with Crippen LogP contribution in [0.3, 0.4) is 0 Å². The maximum atomic E-state index is 12.3. The molecule has 0 bridgehead atoms. The Balaban J connectivity index is 1.76. The van der Waals surface area contributed by atoms with E-state index in [-0.39, 0.29) is 27.9 Å². The second-order valence-corrected chi connectivity index (χ2v) is 7.04. The molecule has 0 aliphatic carbocycles. The predicted octanol–water partition coefficient (Wildman–Crippen LogP) is 5.17. The van der Waals surface area contributed by atoms with Crippen LogP contribution in [0, 0.1) is 0 Å². The normalized spacial score (nSPS) is 10.4. The number of halogens is 4. The van der Waals surface area contributed by atoms with Gasteiger partial charge in [0.2, 0.25) is 0 Å². The lowest BCUT2D eigenvalue weighted by Gasteiger charge is -2.14. The predicted molar refractivity (Wildman–Crippen MR) is 114 cm³/mol. The van der Waals surface area contributed by atoms with Crippen LogP contribution in [-0.4, -0.2) is 15.9 Å². The molecular weight excluding hydrogens is 446 g/mol. The van der Waals surface area contributed by atoms with Crippen LogP contribution >= 0.6 is 46.4 Å². The van der Waals surface area contributed by atoms with Crippen molar-refractivity contribution in [3.8, 4) is 0 Å². The summed E-state index contributed by atoms with van der Waals surface area (Å²) in [5.74, 6) is -0.0402. The number of amides is 1. The number of hydrazine groups is 1. The van der Waals surface area contributed by atoms with Gasteiger partial charge in [0, 0.05) is 5.02 Å². The monoisotopic (exact) mass is 456 g/mol. The summed E-state index contributed by atoms with van der Waals surface area (Å²) in [5, 5.41) is 4.31. The Kier molecular flexibility index (Phi) is 6.31. The summed E-state index contributed by atoms with van der Waals surface area (Å²) in [4.78, 5) is 20.4.